The van der Waals surface area contributed by atoms with E-state index in [0.717, 1.165) is 29.5 Å². The van der Waals surface area contributed by atoms with Crippen molar-refractivity contribution in [1.29, 1.82) is 0 Å². The number of hydrogen-bond donors (Lipinski definition) is 1. The van der Waals surface area contributed by atoms with Crippen molar-refractivity contribution in [2.45, 2.75) is 69.5 Å². The van der Waals surface area contributed by atoms with Crippen molar-refractivity contribution in [3.05, 3.63) is 65.2 Å². The zero-order valence-electron chi connectivity index (χ0n) is 25.8. The van der Waals surface area contributed by atoms with Gasteiger partial charge < -0.3 is 14.4 Å². The van der Waals surface area contributed by atoms with Gasteiger partial charge in [0.25, 0.3) is 15.9 Å². The van der Waals surface area contributed by atoms with Gasteiger partial charge in [-0.15, -0.1) is 0 Å². The Hall–Kier alpha value is -3.71. The Morgan fingerprint density at radius 2 is 1.72 bits per heavy atom. The first kappa shape index (κ1) is 32.2. The second kappa shape index (κ2) is 12.5. The molecule has 0 spiro atoms. The Labute approximate surface area is 266 Å². The molecule has 1 atom stereocenters. The first-order chi connectivity index (χ1) is 21.8. The van der Waals surface area contributed by atoms with Crippen LogP contribution in [0.4, 0.5) is 19.1 Å². The van der Waals surface area contributed by atoms with Crippen molar-refractivity contribution in [1.82, 2.24) is 14.9 Å². The van der Waals surface area contributed by atoms with E-state index in [9.17, 15) is 26.4 Å². The van der Waals surface area contributed by atoms with Gasteiger partial charge in [0, 0.05) is 37.0 Å². The number of hydrogen-bond acceptors (Lipinski definition) is 7. The molecule has 1 saturated heterocycles. The minimum Gasteiger partial charge on any atom is -0.475 e. The molecular weight excluding hydrogens is 621 g/mol. The van der Waals surface area contributed by atoms with Crippen LogP contribution >= 0.6 is 0 Å². The van der Waals surface area contributed by atoms with Crippen LogP contribution < -0.4 is 9.46 Å². The number of carbonyl (C=O) groups is 1. The SMILES string of the molecule is Cc1cccc(C)c1-c1cc2nc(n1)NS(=O)(=O)c1cccc(c1)C(=O)N(CCC1CCOCC1)[C@H](CC1(C(F)(F)F)CC1)CO2. The molecule has 2 aliphatic heterocycles. The van der Waals surface area contributed by atoms with Crippen LogP contribution in [0.1, 0.15) is 60.0 Å². The normalized spacial score (nSPS) is 21.3. The number of alkyl halides is 3. The Bertz CT molecular complexity index is 1700. The Morgan fingerprint density at radius 3 is 2.39 bits per heavy atom. The summed E-state index contributed by atoms with van der Waals surface area (Å²) in [6.45, 7) is 4.89. The van der Waals surface area contributed by atoms with Crippen LogP contribution in [0.25, 0.3) is 11.3 Å². The highest BCUT2D eigenvalue weighted by atomic mass is 32.2. The fraction of sp³-hybridized carbons (Fsp3) is 0.485. The monoisotopic (exact) mass is 658 g/mol. The molecule has 13 heteroatoms. The number of halogens is 3. The number of aryl methyl sites for hydroxylation is 2. The zero-order chi connectivity index (χ0) is 32.7. The Kier molecular flexibility index (Phi) is 8.75. The van der Waals surface area contributed by atoms with Gasteiger partial charge in [0.2, 0.25) is 11.8 Å². The van der Waals surface area contributed by atoms with Gasteiger partial charge in [-0.3, -0.25) is 4.79 Å². The van der Waals surface area contributed by atoms with Gasteiger partial charge in [-0.1, -0.05) is 24.3 Å². The second-order valence-electron chi connectivity index (χ2n) is 12.6. The van der Waals surface area contributed by atoms with Gasteiger partial charge in [-0.05, 0) is 87.6 Å². The number of amides is 1. The maximum atomic E-state index is 14.3. The maximum absolute atomic E-state index is 14.3. The molecule has 1 aliphatic carbocycles. The molecule has 1 N–H and O–H groups in total. The largest absolute Gasteiger partial charge is 0.475 e. The van der Waals surface area contributed by atoms with Gasteiger partial charge >= 0.3 is 6.18 Å². The fourth-order valence-electron chi connectivity index (χ4n) is 6.48. The van der Waals surface area contributed by atoms with Crippen LogP contribution in [0.3, 0.4) is 0 Å². The molecule has 2 aromatic carbocycles. The predicted octanol–water partition coefficient (Wildman–Crippen LogP) is 6.31. The molecule has 1 amide bonds. The molecule has 246 valence electrons. The third-order valence-corrected chi connectivity index (χ3v) is 10.7. The number of nitrogens with one attached hydrogen (secondary N) is 1. The van der Waals surface area contributed by atoms with Crippen LogP contribution in [0.15, 0.2) is 53.4 Å². The standard InChI is InChI=1S/C33H37F3N4O5S/c1-21-5-3-6-22(2)29(21)27-18-28-38-31(37-27)39-46(42,43)26-8-4-7-24(17-26)30(41)40(14-9-23-10-15-44-16-11-23)25(20-45-28)19-32(12-13-32)33(34,35)36/h3-8,17-18,23,25H,9-16,19-20H2,1-2H3,(H,37,38,39)/t25-/m1/s1. The van der Waals surface area contributed by atoms with Crippen LogP contribution in [0, 0.1) is 25.2 Å². The van der Waals surface area contributed by atoms with Crippen molar-refractivity contribution in [2.24, 2.45) is 11.3 Å². The van der Waals surface area contributed by atoms with Gasteiger partial charge in [0.1, 0.15) is 6.61 Å². The van der Waals surface area contributed by atoms with Gasteiger partial charge in [0.05, 0.1) is 22.0 Å². The molecule has 3 heterocycles. The molecule has 6 rings (SSSR count). The molecule has 9 nitrogen and oxygen atoms in total. The van der Waals surface area contributed by atoms with E-state index in [4.69, 9.17) is 9.47 Å². The van der Waals surface area contributed by atoms with Gasteiger partial charge in [0.15, 0.2) is 0 Å². The van der Waals surface area contributed by atoms with Crippen molar-refractivity contribution in [2.75, 3.05) is 31.1 Å². The summed E-state index contributed by atoms with van der Waals surface area (Å²) in [7, 11) is -4.26. The van der Waals surface area contributed by atoms with E-state index in [1.807, 2.05) is 32.0 Å². The first-order valence-corrected chi connectivity index (χ1v) is 17.0. The molecule has 4 bridgehead atoms. The number of sulfonamides is 1. The summed E-state index contributed by atoms with van der Waals surface area (Å²) in [6.07, 6.45) is -2.69. The summed E-state index contributed by atoms with van der Waals surface area (Å²) < 4.78 is 84.2. The summed E-state index contributed by atoms with van der Waals surface area (Å²) in [4.78, 5) is 24.2. The number of nitrogens with zero attached hydrogens (tertiary/aromatic N) is 3. The van der Waals surface area contributed by atoms with E-state index < -0.39 is 33.6 Å². The number of aromatic nitrogens is 2. The molecule has 0 radical (unpaired) electrons. The van der Waals surface area contributed by atoms with Crippen molar-refractivity contribution >= 4 is 21.9 Å². The number of benzene rings is 2. The van der Waals surface area contributed by atoms with Crippen LogP contribution in [-0.2, 0) is 14.8 Å². The minimum atomic E-state index is -4.45. The van der Waals surface area contributed by atoms with Crippen molar-refractivity contribution in [3.8, 4) is 17.1 Å². The Morgan fingerprint density at radius 1 is 1.02 bits per heavy atom. The third kappa shape index (κ3) is 6.71. The van der Waals surface area contributed by atoms with E-state index in [1.54, 1.807) is 6.07 Å². The summed E-state index contributed by atoms with van der Waals surface area (Å²) in [5.41, 5.74) is 1.04. The van der Waals surface area contributed by atoms with Crippen molar-refractivity contribution < 1.29 is 35.9 Å². The van der Waals surface area contributed by atoms with E-state index in [2.05, 4.69) is 14.7 Å². The average molecular weight is 659 g/mol. The lowest BCUT2D eigenvalue weighted by molar-refractivity contribution is -0.192. The highest BCUT2D eigenvalue weighted by Crippen LogP contribution is 2.61. The topological polar surface area (TPSA) is 111 Å². The minimum absolute atomic E-state index is 0.0185. The lowest BCUT2D eigenvalue weighted by Crippen LogP contribution is -2.47. The lowest BCUT2D eigenvalue weighted by atomic mass is 9.93. The molecule has 2 fully saturated rings. The lowest BCUT2D eigenvalue weighted by Gasteiger charge is -2.36. The second-order valence-corrected chi connectivity index (χ2v) is 14.3. The highest BCUT2D eigenvalue weighted by Gasteiger charge is 2.64. The summed E-state index contributed by atoms with van der Waals surface area (Å²) in [6, 6.07) is 11.8. The third-order valence-electron chi connectivity index (χ3n) is 9.38. The highest BCUT2D eigenvalue weighted by molar-refractivity contribution is 7.92. The van der Waals surface area contributed by atoms with Gasteiger partial charge in [-0.25, -0.2) is 18.1 Å². The number of anilines is 1. The first-order valence-electron chi connectivity index (χ1n) is 15.5. The molecule has 0 unspecified atom stereocenters. The van der Waals surface area contributed by atoms with E-state index in [1.165, 1.54) is 29.2 Å². The molecule has 3 aromatic rings. The molecule has 3 aliphatic rings. The predicted molar refractivity (Wildman–Crippen MR) is 165 cm³/mol. The maximum Gasteiger partial charge on any atom is 0.394 e. The number of ether oxygens (including phenoxy) is 2. The molecule has 46 heavy (non-hydrogen) atoms. The Balaban J connectivity index is 1.46. The summed E-state index contributed by atoms with van der Waals surface area (Å²) >= 11 is 0. The van der Waals surface area contributed by atoms with Gasteiger partial charge in [-0.2, -0.15) is 18.2 Å². The quantitative estimate of drug-likeness (QED) is 0.330. The van der Waals surface area contributed by atoms with E-state index in [-0.39, 0.29) is 60.6 Å². The van der Waals surface area contributed by atoms with E-state index >= 15 is 0 Å². The zero-order valence-corrected chi connectivity index (χ0v) is 26.6. The van der Waals surface area contributed by atoms with Crippen LogP contribution in [0.5, 0.6) is 5.88 Å². The number of rotatable bonds is 6. The smallest absolute Gasteiger partial charge is 0.394 e. The summed E-state index contributed by atoms with van der Waals surface area (Å²) in [5, 5.41) is 0. The van der Waals surface area contributed by atoms with E-state index in [0.29, 0.717) is 25.3 Å². The average Bonchev–Trinajstić information content (AvgIpc) is 3.81. The molecule has 1 aromatic heterocycles. The van der Waals surface area contributed by atoms with Crippen LogP contribution in [0.2, 0.25) is 0 Å². The number of carbonyl (C=O) groups excluding carboxylic acids is 1. The van der Waals surface area contributed by atoms with Crippen molar-refractivity contribution in [3.63, 3.8) is 0 Å². The molecular formula is C33H37F3N4O5S. The van der Waals surface area contributed by atoms with Crippen LogP contribution in [-0.4, -0.2) is 67.8 Å². The summed E-state index contributed by atoms with van der Waals surface area (Å²) in [5.74, 6) is -0.586. The molecule has 1 saturated carbocycles. The number of fused-ring (bicyclic) bond motifs is 4. The fourth-order valence-corrected chi connectivity index (χ4v) is 7.47.